The first-order chi connectivity index (χ1) is 24.1. The molecule has 0 N–H and O–H groups in total. The Morgan fingerprint density at radius 1 is 0.490 bits per heavy atom. The van der Waals surface area contributed by atoms with Crippen LogP contribution in [0.15, 0.2) is 127 Å². The van der Waals surface area contributed by atoms with E-state index in [1.54, 1.807) is 0 Å². The van der Waals surface area contributed by atoms with Gasteiger partial charge in [-0.05, 0) is 80.6 Å². The third-order valence-corrected chi connectivity index (χ3v) is 12.4. The maximum Gasteiger partial charge on any atom is 0.165 e. The van der Waals surface area contributed by atoms with Crippen LogP contribution in [0.1, 0.15) is 25.0 Å². The number of aromatic nitrogens is 3. The highest BCUT2D eigenvalue weighted by Gasteiger charge is 2.37. The molecule has 0 spiro atoms. The van der Waals surface area contributed by atoms with E-state index < -0.39 is 0 Å². The molecule has 4 heteroatoms. The van der Waals surface area contributed by atoms with Gasteiger partial charge in [-0.25, -0.2) is 9.97 Å². The topological polar surface area (TPSA) is 30.7 Å². The molecule has 2 aliphatic carbocycles. The Labute approximate surface area is 285 Å². The summed E-state index contributed by atoms with van der Waals surface area (Å²) in [6, 6.07) is 46.7. The van der Waals surface area contributed by atoms with Crippen LogP contribution in [-0.4, -0.2) is 14.5 Å². The largest absolute Gasteiger partial charge is 0.292 e. The molecule has 0 aliphatic heterocycles. The molecule has 3 nitrogen and oxygen atoms in total. The van der Waals surface area contributed by atoms with Gasteiger partial charge in [-0.2, -0.15) is 0 Å². The van der Waals surface area contributed by atoms with Gasteiger partial charge in [0.2, 0.25) is 0 Å². The zero-order valence-electron chi connectivity index (χ0n) is 26.9. The molecule has 0 fully saturated rings. The Hall–Kier alpha value is -5.84. The second kappa shape index (κ2) is 8.79. The monoisotopic (exact) mass is 641 g/mol. The van der Waals surface area contributed by atoms with Gasteiger partial charge >= 0.3 is 0 Å². The molecule has 10 aromatic rings. The van der Waals surface area contributed by atoms with E-state index in [1.807, 2.05) is 11.3 Å². The molecule has 12 rings (SSSR count). The molecule has 3 aromatic heterocycles. The predicted octanol–water partition coefficient (Wildman–Crippen LogP) is 12.2. The van der Waals surface area contributed by atoms with Crippen LogP contribution in [0.25, 0.3) is 103 Å². The number of benzene rings is 7. The SMILES string of the molecule is CC1(C)c2ccccc2-c2c(-c3nc4ccccc4nc3-n3c4ccc5cccc6c5c4c4c5c(ccc43)sc3cccc-6c35)cccc21. The average molecular weight is 642 g/mol. The van der Waals surface area contributed by atoms with Gasteiger partial charge in [-0.15, -0.1) is 11.3 Å². The highest BCUT2D eigenvalue weighted by molar-refractivity contribution is 7.26. The zero-order valence-corrected chi connectivity index (χ0v) is 27.7. The molecule has 2 aliphatic rings. The predicted molar refractivity (Wildman–Crippen MR) is 206 cm³/mol. The van der Waals surface area contributed by atoms with E-state index >= 15 is 0 Å². The minimum atomic E-state index is -0.116. The molecule has 0 saturated heterocycles. The maximum atomic E-state index is 5.54. The summed E-state index contributed by atoms with van der Waals surface area (Å²) in [6.07, 6.45) is 0. The van der Waals surface area contributed by atoms with E-state index in [-0.39, 0.29) is 5.41 Å². The summed E-state index contributed by atoms with van der Waals surface area (Å²) >= 11 is 1.89. The lowest BCUT2D eigenvalue weighted by Gasteiger charge is -2.22. The molecule has 0 radical (unpaired) electrons. The molecule has 0 unspecified atom stereocenters. The van der Waals surface area contributed by atoms with Gasteiger partial charge in [-0.1, -0.05) is 105 Å². The van der Waals surface area contributed by atoms with E-state index in [0.29, 0.717) is 0 Å². The van der Waals surface area contributed by atoms with E-state index in [2.05, 4.69) is 146 Å². The molecule has 0 saturated carbocycles. The zero-order chi connectivity index (χ0) is 32.2. The Morgan fingerprint density at radius 3 is 2.00 bits per heavy atom. The summed E-state index contributed by atoms with van der Waals surface area (Å²) < 4.78 is 5.07. The second-order valence-electron chi connectivity index (χ2n) is 14.1. The molecule has 3 heterocycles. The summed E-state index contributed by atoms with van der Waals surface area (Å²) in [5, 5.41) is 7.91. The molecule has 0 amide bonds. The van der Waals surface area contributed by atoms with Gasteiger partial charge in [-0.3, -0.25) is 4.57 Å². The van der Waals surface area contributed by atoms with Crippen molar-refractivity contribution in [2.75, 3.05) is 0 Å². The fraction of sp³-hybridized carbons (Fsp3) is 0.0667. The van der Waals surface area contributed by atoms with E-state index in [0.717, 1.165) is 33.6 Å². The van der Waals surface area contributed by atoms with Crippen molar-refractivity contribution < 1.29 is 0 Å². The van der Waals surface area contributed by atoms with Gasteiger partial charge in [0, 0.05) is 41.9 Å². The van der Waals surface area contributed by atoms with Crippen molar-refractivity contribution in [1.29, 1.82) is 0 Å². The van der Waals surface area contributed by atoms with Crippen LogP contribution in [0.5, 0.6) is 0 Å². The lowest BCUT2D eigenvalue weighted by atomic mass is 9.82. The van der Waals surface area contributed by atoms with Crippen molar-refractivity contribution in [3.8, 4) is 39.3 Å². The third-order valence-electron chi connectivity index (χ3n) is 11.3. The number of rotatable bonds is 2. The minimum Gasteiger partial charge on any atom is -0.292 e. The Morgan fingerprint density at radius 2 is 1.12 bits per heavy atom. The van der Waals surface area contributed by atoms with Crippen LogP contribution in [0, 0.1) is 0 Å². The van der Waals surface area contributed by atoms with Crippen LogP contribution in [0.3, 0.4) is 0 Å². The maximum absolute atomic E-state index is 5.54. The lowest BCUT2D eigenvalue weighted by molar-refractivity contribution is 0.660. The number of para-hydroxylation sites is 2. The first kappa shape index (κ1) is 26.2. The van der Waals surface area contributed by atoms with Gasteiger partial charge in [0.25, 0.3) is 0 Å². The van der Waals surface area contributed by atoms with Gasteiger partial charge in [0.15, 0.2) is 5.82 Å². The van der Waals surface area contributed by atoms with Crippen molar-refractivity contribution in [2.24, 2.45) is 0 Å². The van der Waals surface area contributed by atoms with Gasteiger partial charge in [0.1, 0.15) is 5.69 Å². The van der Waals surface area contributed by atoms with Crippen molar-refractivity contribution >= 4 is 75.1 Å². The molecule has 228 valence electrons. The summed E-state index contributed by atoms with van der Waals surface area (Å²) in [5.74, 6) is 0.866. The van der Waals surface area contributed by atoms with Crippen molar-refractivity contribution in [3.05, 3.63) is 139 Å². The quantitative estimate of drug-likeness (QED) is 0.188. The van der Waals surface area contributed by atoms with E-state index in [1.165, 1.54) is 80.6 Å². The number of thiophene rings is 1. The first-order valence-electron chi connectivity index (χ1n) is 16.9. The molecular formula is C45H27N3S. The van der Waals surface area contributed by atoms with Crippen LogP contribution in [0.2, 0.25) is 0 Å². The van der Waals surface area contributed by atoms with Crippen LogP contribution >= 0.6 is 11.3 Å². The molecular weight excluding hydrogens is 615 g/mol. The Kier molecular flexibility index (Phi) is 4.69. The molecule has 0 bridgehead atoms. The standard InChI is InChI=1S/C45H27N3S/c1-45(2)29-15-4-3-11-27(29)38-28(14-8-16-30(38)45)43-44(47-32-18-6-5-17-31(32)46-43)48-33-21-20-24-10-7-12-25-26-13-9-19-35-39(26)42-36(49-35)23-22-34(48)41(42)40(33)37(24)25/h3-23H,1-2H3. The highest BCUT2D eigenvalue weighted by atomic mass is 32.1. The minimum absolute atomic E-state index is 0.116. The number of hydrogen-bond acceptors (Lipinski definition) is 3. The average Bonchev–Trinajstić information content (AvgIpc) is 3.73. The normalized spacial score (nSPS) is 14.1. The summed E-state index contributed by atoms with van der Waals surface area (Å²) in [6.45, 7) is 4.68. The van der Waals surface area contributed by atoms with E-state index in [4.69, 9.17) is 9.97 Å². The number of hydrogen-bond donors (Lipinski definition) is 0. The number of fused-ring (bicyclic) bond motifs is 5. The molecule has 7 aromatic carbocycles. The van der Waals surface area contributed by atoms with Crippen molar-refractivity contribution in [1.82, 2.24) is 14.5 Å². The van der Waals surface area contributed by atoms with Crippen LogP contribution < -0.4 is 0 Å². The number of nitrogens with zero attached hydrogens (tertiary/aromatic N) is 3. The smallest absolute Gasteiger partial charge is 0.165 e. The lowest BCUT2D eigenvalue weighted by Crippen LogP contribution is -2.14. The van der Waals surface area contributed by atoms with Crippen LogP contribution in [0.4, 0.5) is 0 Å². The Bertz CT molecular complexity index is 3140. The summed E-state index contributed by atoms with van der Waals surface area (Å²) in [7, 11) is 0. The highest BCUT2D eigenvalue weighted by Crippen LogP contribution is 2.54. The third kappa shape index (κ3) is 3.10. The van der Waals surface area contributed by atoms with Crippen molar-refractivity contribution in [2.45, 2.75) is 19.3 Å². The van der Waals surface area contributed by atoms with Gasteiger partial charge < -0.3 is 0 Å². The van der Waals surface area contributed by atoms with Gasteiger partial charge in [0.05, 0.1) is 22.1 Å². The molecule has 49 heavy (non-hydrogen) atoms. The second-order valence-corrected chi connectivity index (χ2v) is 15.2. The summed E-state index contributed by atoms with van der Waals surface area (Å²) in [4.78, 5) is 11.0. The van der Waals surface area contributed by atoms with Crippen LogP contribution in [-0.2, 0) is 5.41 Å². The fourth-order valence-electron chi connectivity index (χ4n) is 9.23. The van der Waals surface area contributed by atoms with Crippen molar-refractivity contribution in [3.63, 3.8) is 0 Å². The summed E-state index contributed by atoms with van der Waals surface area (Å²) in [5.41, 5.74) is 13.9. The van der Waals surface area contributed by atoms with E-state index in [9.17, 15) is 0 Å². The Balaban J connectivity index is 1.30. The molecule has 0 atom stereocenters. The first-order valence-corrected chi connectivity index (χ1v) is 17.7. The fourth-order valence-corrected chi connectivity index (χ4v) is 10.4.